The van der Waals surface area contributed by atoms with Gasteiger partial charge in [0.1, 0.15) is 0 Å². The number of nitrogens with one attached hydrogen (secondary N) is 1. The second-order valence-electron chi connectivity index (χ2n) is 3.29. The van der Waals surface area contributed by atoms with Crippen molar-refractivity contribution in [3.05, 3.63) is 46.0 Å². The van der Waals surface area contributed by atoms with Crippen LogP contribution in [0.25, 0.3) is 0 Å². The van der Waals surface area contributed by atoms with Gasteiger partial charge in [0.05, 0.1) is 0 Å². The Balaban J connectivity index is 0.00000196. The number of benzene rings is 1. The number of nitro groups is 1. The number of halogens is 1. The highest BCUT2D eigenvalue weighted by Crippen LogP contribution is 2.02. The lowest BCUT2D eigenvalue weighted by Crippen LogP contribution is -2.32. The molecule has 0 aliphatic rings. The van der Waals surface area contributed by atoms with Gasteiger partial charge in [0.25, 0.3) is 6.67 Å². The molecule has 1 aromatic rings. The lowest BCUT2D eigenvalue weighted by atomic mass is 10.1. The maximum atomic E-state index is 10.1. The predicted molar refractivity (Wildman–Crippen MR) is 61.9 cm³/mol. The fourth-order valence-electron chi connectivity index (χ4n) is 1.27. The Morgan fingerprint density at radius 1 is 1.40 bits per heavy atom. The van der Waals surface area contributed by atoms with E-state index in [1.165, 1.54) is 5.56 Å². The first-order valence-corrected chi connectivity index (χ1v) is 4.57. The van der Waals surface area contributed by atoms with Gasteiger partial charge in [-0.05, 0) is 18.9 Å². The minimum absolute atomic E-state index is 0. The molecule has 15 heavy (non-hydrogen) atoms. The van der Waals surface area contributed by atoms with Crippen LogP contribution < -0.4 is 5.32 Å². The van der Waals surface area contributed by atoms with Gasteiger partial charge < -0.3 is 0 Å². The average Bonchev–Trinajstić information content (AvgIpc) is 2.16. The Hall–Kier alpha value is -1.13. The second kappa shape index (κ2) is 7.20. The molecule has 1 N–H and O–H groups in total. The smallest absolute Gasteiger partial charge is 0.256 e. The molecule has 0 spiro atoms. The zero-order valence-electron chi connectivity index (χ0n) is 8.55. The van der Waals surface area contributed by atoms with Crippen LogP contribution in [0.1, 0.15) is 12.5 Å². The zero-order chi connectivity index (χ0) is 10.4. The van der Waals surface area contributed by atoms with Crippen molar-refractivity contribution in [3.8, 4) is 0 Å². The first-order valence-electron chi connectivity index (χ1n) is 4.57. The SMILES string of the molecule is CC(Cc1ccccc1)NC[N+](=O)[O-].Cl. The van der Waals surface area contributed by atoms with E-state index in [0.29, 0.717) is 0 Å². The second-order valence-corrected chi connectivity index (χ2v) is 3.29. The molecular weight excluding hydrogens is 216 g/mol. The Labute approximate surface area is 95.2 Å². The highest BCUT2D eigenvalue weighted by molar-refractivity contribution is 5.85. The maximum Gasteiger partial charge on any atom is 0.256 e. The zero-order valence-corrected chi connectivity index (χ0v) is 9.37. The predicted octanol–water partition coefficient (Wildman–Crippen LogP) is 1.86. The largest absolute Gasteiger partial charge is 0.263 e. The molecule has 0 amide bonds. The molecule has 4 nitrogen and oxygen atoms in total. The number of nitrogens with zero attached hydrogens (tertiary/aromatic N) is 1. The number of hydrogen-bond donors (Lipinski definition) is 1. The molecule has 0 heterocycles. The van der Waals surface area contributed by atoms with Crippen molar-refractivity contribution in [2.45, 2.75) is 19.4 Å². The summed E-state index contributed by atoms with van der Waals surface area (Å²) in [4.78, 5) is 9.74. The van der Waals surface area contributed by atoms with E-state index in [1.807, 2.05) is 37.3 Å². The van der Waals surface area contributed by atoms with E-state index in [9.17, 15) is 10.1 Å². The molecule has 1 atom stereocenters. The molecule has 5 heteroatoms. The summed E-state index contributed by atoms with van der Waals surface area (Å²) < 4.78 is 0. The fourth-order valence-corrected chi connectivity index (χ4v) is 1.27. The summed E-state index contributed by atoms with van der Waals surface area (Å²) in [5.74, 6) is 0. The van der Waals surface area contributed by atoms with E-state index in [1.54, 1.807) is 0 Å². The summed E-state index contributed by atoms with van der Waals surface area (Å²) >= 11 is 0. The molecule has 84 valence electrons. The summed E-state index contributed by atoms with van der Waals surface area (Å²) in [6, 6.07) is 10.1. The molecule has 1 aromatic carbocycles. The molecule has 1 unspecified atom stereocenters. The average molecular weight is 231 g/mol. The van der Waals surface area contributed by atoms with E-state index in [4.69, 9.17) is 0 Å². The van der Waals surface area contributed by atoms with E-state index < -0.39 is 0 Å². The monoisotopic (exact) mass is 230 g/mol. The normalized spacial score (nSPS) is 11.5. The van der Waals surface area contributed by atoms with E-state index >= 15 is 0 Å². The molecule has 1 rings (SSSR count). The fraction of sp³-hybridized carbons (Fsp3) is 0.400. The summed E-state index contributed by atoms with van der Waals surface area (Å²) in [6.07, 6.45) is 0.814. The maximum absolute atomic E-state index is 10.1. The molecule has 0 saturated carbocycles. The third kappa shape index (κ3) is 6.04. The van der Waals surface area contributed by atoms with Crippen LogP contribution in [0, 0.1) is 10.1 Å². The summed E-state index contributed by atoms with van der Waals surface area (Å²) in [7, 11) is 0. The van der Waals surface area contributed by atoms with Crippen LogP contribution in [-0.2, 0) is 6.42 Å². The molecule has 0 aliphatic carbocycles. The van der Waals surface area contributed by atoms with E-state index in [0.717, 1.165) is 6.42 Å². The summed E-state index contributed by atoms with van der Waals surface area (Å²) in [5.41, 5.74) is 1.19. The van der Waals surface area contributed by atoms with Gasteiger partial charge in [0.2, 0.25) is 0 Å². The van der Waals surface area contributed by atoms with Crippen LogP contribution >= 0.6 is 12.4 Å². The van der Waals surface area contributed by atoms with Crippen LogP contribution in [0.3, 0.4) is 0 Å². The standard InChI is InChI=1S/C10H14N2O2.ClH/c1-9(11-8-12(13)14)7-10-5-3-2-4-6-10;/h2-6,9,11H,7-8H2,1H3;1H. The highest BCUT2D eigenvalue weighted by Gasteiger charge is 2.04. The Morgan fingerprint density at radius 3 is 2.53 bits per heavy atom. The summed E-state index contributed by atoms with van der Waals surface area (Å²) in [5, 5.41) is 12.9. The third-order valence-corrected chi connectivity index (χ3v) is 1.95. The van der Waals surface area contributed by atoms with Gasteiger partial charge >= 0.3 is 0 Å². The molecular formula is C10H15ClN2O2. The van der Waals surface area contributed by atoms with Gasteiger partial charge in [0.15, 0.2) is 0 Å². The van der Waals surface area contributed by atoms with Gasteiger partial charge in [-0.1, -0.05) is 30.3 Å². The van der Waals surface area contributed by atoms with E-state index in [-0.39, 0.29) is 30.0 Å². The lowest BCUT2D eigenvalue weighted by Gasteiger charge is -2.10. The third-order valence-electron chi connectivity index (χ3n) is 1.95. The van der Waals surface area contributed by atoms with Crippen LogP contribution in [0.2, 0.25) is 0 Å². The minimum atomic E-state index is -0.360. The molecule has 0 fully saturated rings. The highest BCUT2D eigenvalue weighted by atomic mass is 35.5. The van der Waals surface area contributed by atoms with Crippen molar-refractivity contribution >= 4 is 12.4 Å². The first kappa shape index (κ1) is 13.9. The molecule has 0 saturated heterocycles. The van der Waals surface area contributed by atoms with Gasteiger partial charge in [-0.15, -0.1) is 12.4 Å². The van der Waals surface area contributed by atoms with Crippen LogP contribution in [0.4, 0.5) is 0 Å². The summed E-state index contributed by atoms with van der Waals surface area (Å²) in [6.45, 7) is 1.77. The van der Waals surface area contributed by atoms with Gasteiger partial charge in [0, 0.05) is 11.0 Å². The van der Waals surface area contributed by atoms with Gasteiger partial charge in [-0.25, -0.2) is 0 Å². The van der Waals surface area contributed by atoms with Crippen LogP contribution in [-0.4, -0.2) is 17.6 Å². The first-order chi connectivity index (χ1) is 6.68. The molecule has 0 bridgehead atoms. The van der Waals surface area contributed by atoms with Gasteiger partial charge in [-0.3, -0.25) is 15.4 Å². The quantitative estimate of drug-likeness (QED) is 0.477. The van der Waals surface area contributed by atoms with Crippen molar-refractivity contribution in [1.82, 2.24) is 5.32 Å². The topological polar surface area (TPSA) is 55.2 Å². The van der Waals surface area contributed by atoms with Crippen molar-refractivity contribution in [3.63, 3.8) is 0 Å². The molecule has 0 aliphatic heterocycles. The van der Waals surface area contributed by atoms with Gasteiger partial charge in [-0.2, -0.15) is 0 Å². The number of rotatable bonds is 5. The van der Waals surface area contributed by atoms with Crippen molar-refractivity contribution in [1.29, 1.82) is 0 Å². The Morgan fingerprint density at radius 2 is 2.00 bits per heavy atom. The van der Waals surface area contributed by atoms with Crippen LogP contribution in [0.15, 0.2) is 30.3 Å². The minimum Gasteiger partial charge on any atom is -0.263 e. The Kier molecular flexibility index (Phi) is 6.66. The van der Waals surface area contributed by atoms with E-state index in [2.05, 4.69) is 5.32 Å². The molecule has 0 radical (unpaired) electrons. The molecule has 0 aromatic heterocycles. The van der Waals surface area contributed by atoms with Crippen molar-refractivity contribution in [2.24, 2.45) is 0 Å². The Bertz CT molecular complexity index is 293. The van der Waals surface area contributed by atoms with Crippen molar-refractivity contribution < 1.29 is 4.92 Å². The van der Waals surface area contributed by atoms with Crippen LogP contribution in [0.5, 0.6) is 0 Å². The number of hydrogen-bond acceptors (Lipinski definition) is 3. The van der Waals surface area contributed by atoms with Crippen molar-refractivity contribution in [2.75, 3.05) is 6.67 Å². The lowest BCUT2D eigenvalue weighted by molar-refractivity contribution is -0.486.